The summed E-state index contributed by atoms with van der Waals surface area (Å²) in [6.45, 7) is 14.0. The van der Waals surface area contributed by atoms with Crippen molar-refractivity contribution in [3.8, 4) is 0 Å². The maximum Gasteiger partial charge on any atom is 0.176 e. The zero-order valence-corrected chi connectivity index (χ0v) is 17.7. The van der Waals surface area contributed by atoms with E-state index in [-0.39, 0.29) is 16.9 Å². The van der Waals surface area contributed by atoms with E-state index in [2.05, 4.69) is 71.1 Å². The summed E-state index contributed by atoms with van der Waals surface area (Å²) in [5, 5.41) is 3.41. The summed E-state index contributed by atoms with van der Waals surface area (Å²) < 4.78 is 16.8. The van der Waals surface area contributed by atoms with E-state index in [1.54, 1.807) is 0 Å². The molecule has 3 rings (SSSR count). The van der Waals surface area contributed by atoms with Crippen LogP contribution in [-0.2, 0) is 16.5 Å². The van der Waals surface area contributed by atoms with Gasteiger partial charge < -0.3 is 5.32 Å². The SMILES string of the molecule is CC(C)(C)c1ccc(C(F)(c2ccc(C(C)(C)C)cc2)[C@@H]2CCCN2)cc1. The third kappa shape index (κ3) is 3.96. The molecule has 1 saturated heterocycles. The van der Waals surface area contributed by atoms with Crippen LogP contribution >= 0.6 is 0 Å². The molecule has 0 amide bonds. The summed E-state index contributed by atoms with van der Waals surface area (Å²) in [4.78, 5) is 0. The largest absolute Gasteiger partial charge is 0.310 e. The number of halogens is 1. The maximum atomic E-state index is 16.8. The zero-order valence-electron chi connectivity index (χ0n) is 17.7. The van der Waals surface area contributed by atoms with Gasteiger partial charge in [0, 0.05) is 6.04 Å². The first-order chi connectivity index (χ1) is 12.5. The van der Waals surface area contributed by atoms with Gasteiger partial charge in [-0.25, -0.2) is 4.39 Å². The normalized spacial score (nSPS) is 18.7. The minimum atomic E-state index is -1.51. The Bertz CT molecular complexity index is 696. The number of benzene rings is 2. The topological polar surface area (TPSA) is 12.0 Å². The Kier molecular flexibility index (Phi) is 5.24. The Labute approximate surface area is 164 Å². The molecule has 1 N–H and O–H groups in total. The molecule has 2 aromatic rings. The van der Waals surface area contributed by atoms with Crippen molar-refractivity contribution in [2.45, 2.75) is 76.9 Å². The van der Waals surface area contributed by atoms with Crippen LogP contribution in [-0.4, -0.2) is 12.6 Å². The van der Waals surface area contributed by atoms with E-state index >= 15 is 4.39 Å². The van der Waals surface area contributed by atoms with Gasteiger partial charge in [0.1, 0.15) is 0 Å². The molecule has 0 aliphatic carbocycles. The molecule has 146 valence electrons. The fourth-order valence-electron chi connectivity index (χ4n) is 4.02. The van der Waals surface area contributed by atoms with Crippen molar-refractivity contribution in [3.05, 3.63) is 70.8 Å². The van der Waals surface area contributed by atoms with Gasteiger partial charge in [0.2, 0.25) is 0 Å². The summed E-state index contributed by atoms with van der Waals surface area (Å²) in [6.07, 6.45) is 1.88. The fourth-order valence-corrected chi connectivity index (χ4v) is 4.02. The van der Waals surface area contributed by atoms with Crippen molar-refractivity contribution in [2.75, 3.05) is 6.54 Å². The average molecular weight is 368 g/mol. The smallest absolute Gasteiger partial charge is 0.176 e. The lowest BCUT2D eigenvalue weighted by atomic mass is 9.78. The summed E-state index contributed by atoms with van der Waals surface area (Å²) in [5.74, 6) is 0. The molecular formula is C25H34FN. The van der Waals surface area contributed by atoms with Gasteiger partial charge in [-0.15, -0.1) is 0 Å². The van der Waals surface area contributed by atoms with Crippen LogP contribution in [0, 0.1) is 0 Å². The Morgan fingerprint density at radius 1 is 0.704 bits per heavy atom. The summed E-state index contributed by atoms with van der Waals surface area (Å²) in [6, 6.07) is 16.1. The van der Waals surface area contributed by atoms with Crippen LogP contribution in [0.25, 0.3) is 0 Å². The Morgan fingerprint density at radius 2 is 1.07 bits per heavy atom. The van der Waals surface area contributed by atoms with E-state index in [1.165, 1.54) is 11.1 Å². The highest BCUT2D eigenvalue weighted by Gasteiger charge is 2.44. The quantitative estimate of drug-likeness (QED) is 0.676. The third-order valence-electron chi connectivity index (χ3n) is 5.88. The summed E-state index contributed by atoms with van der Waals surface area (Å²) in [7, 11) is 0. The number of hydrogen-bond acceptors (Lipinski definition) is 1. The van der Waals surface area contributed by atoms with Gasteiger partial charge in [-0.2, -0.15) is 0 Å². The van der Waals surface area contributed by atoms with Gasteiger partial charge in [0.25, 0.3) is 0 Å². The zero-order chi connectivity index (χ0) is 19.9. The molecule has 27 heavy (non-hydrogen) atoms. The first-order valence-corrected chi connectivity index (χ1v) is 10.2. The van der Waals surface area contributed by atoms with Gasteiger partial charge in [-0.1, -0.05) is 90.1 Å². The van der Waals surface area contributed by atoms with Crippen molar-refractivity contribution in [2.24, 2.45) is 0 Å². The first kappa shape index (κ1) is 20.1. The van der Waals surface area contributed by atoms with Crippen LogP contribution in [0.5, 0.6) is 0 Å². The van der Waals surface area contributed by atoms with Gasteiger partial charge >= 0.3 is 0 Å². The second kappa shape index (κ2) is 7.05. The molecule has 0 saturated carbocycles. The number of rotatable bonds is 3. The van der Waals surface area contributed by atoms with E-state index in [9.17, 15) is 0 Å². The van der Waals surface area contributed by atoms with Crippen LogP contribution < -0.4 is 5.32 Å². The number of nitrogens with one attached hydrogen (secondary N) is 1. The maximum absolute atomic E-state index is 16.8. The highest BCUT2D eigenvalue weighted by Crippen LogP contribution is 2.41. The van der Waals surface area contributed by atoms with E-state index in [4.69, 9.17) is 0 Å². The molecule has 1 aliphatic heterocycles. The van der Waals surface area contributed by atoms with E-state index in [0.717, 1.165) is 30.5 Å². The highest BCUT2D eigenvalue weighted by molar-refractivity contribution is 5.42. The number of alkyl halides is 1. The van der Waals surface area contributed by atoms with Crippen molar-refractivity contribution in [1.29, 1.82) is 0 Å². The van der Waals surface area contributed by atoms with Crippen LogP contribution in [0.2, 0.25) is 0 Å². The Hall–Kier alpha value is -1.67. The molecule has 1 nitrogen and oxygen atoms in total. The summed E-state index contributed by atoms with van der Waals surface area (Å²) >= 11 is 0. The molecule has 1 atom stereocenters. The molecule has 2 heteroatoms. The molecule has 1 fully saturated rings. The molecule has 2 aromatic carbocycles. The molecule has 0 spiro atoms. The Balaban J connectivity index is 2.05. The average Bonchev–Trinajstić information content (AvgIpc) is 3.15. The predicted molar refractivity (Wildman–Crippen MR) is 113 cm³/mol. The lowest BCUT2D eigenvalue weighted by Crippen LogP contribution is -2.43. The molecule has 1 aliphatic rings. The van der Waals surface area contributed by atoms with Crippen LogP contribution in [0.15, 0.2) is 48.5 Å². The number of hydrogen-bond donors (Lipinski definition) is 1. The van der Waals surface area contributed by atoms with Crippen LogP contribution in [0.3, 0.4) is 0 Å². The first-order valence-electron chi connectivity index (χ1n) is 10.2. The molecule has 1 heterocycles. The molecular weight excluding hydrogens is 333 g/mol. The monoisotopic (exact) mass is 367 g/mol. The lowest BCUT2D eigenvalue weighted by Gasteiger charge is -2.34. The van der Waals surface area contributed by atoms with Gasteiger partial charge in [0.05, 0.1) is 0 Å². The molecule has 0 bridgehead atoms. The van der Waals surface area contributed by atoms with Crippen molar-refractivity contribution in [1.82, 2.24) is 5.32 Å². The van der Waals surface area contributed by atoms with E-state index < -0.39 is 5.67 Å². The Morgan fingerprint density at radius 3 is 1.37 bits per heavy atom. The molecule has 0 unspecified atom stereocenters. The standard InChI is InChI=1S/C25H34FN/c1-23(2,3)18-9-13-20(14-10-18)25(26,22-8-7-17-27-22)21-15-11-19(12-16-21)24(4,5)6/h9-16,22,27H,7-8,17H2,1-6H3/t22-/m0/s1. The summed E-state index contributed by atoms with van der Waals surface area (Å²) in [5.41, 5.74) is 2.59. The molecule has 0 aromatic heterocycles. The van der Waals surface area contributed by atoms with Gasteiger partial charge in [-0.05, 0) is 52.5 Å². The van der Waals surface area contributed by atoms with Crippen molar-refractivity contribution < 1.29 is 4.39 Å². The minimum absolute atomic E-state index is 0.0669. The van der Waals surface area contributed by atoms with Crippen molar-refractivity contribution >= 4 is 0 Å². The highest BCUT2D eigenvalue weighted by atomic mass is 19.1. The lowest BCUT2D eigenvalue weighted by molar-refractivity contribution is 0.163. The third-order valence-corrected chi connectivity index (χ3v) is 5.88. The second-order valence-electron chi connectivity index (χ2n) is 10.0. The van der Waals surface area contributed by atoms with E-state index in [1.807, 2.05) is 24.3 Å². The fraction of sp³-hybridized carbons (Fsp3) is 0.520. The van der Waals surface area contributed by atoms with Crippen molar-refractivity contribution in [3.63, 3.8) is 0 Å². The second-order valence-corrected chi connectivity index (χ2v) is 10.0. The van der Waals surface area contributed by atoms with Gasteiger partial charge in [0.15, 0.2) is 5.67 Å². The van der Waals surface area contributed by atoms with Crippen LogP contribution in [0.1, 0.15) is 76.6 Å². The van der Waals surface area contributed by atoms with Gasteiger partial charge in [-0.3, -0.25) is 0 Å². The van der Waals surface area contributed by atoms with Crippen LogP contribution in [0.4, 0.5) is 4.39 Å². The molecule has 0 radical (unpaired) electrons. The minimum Gasteiger partial charge on any atom is -0.310 e. The predicted octanol–water partition coefficient (Wildman–Crippen LogP) is 6.25. The van der Waals surface area contributed by atoms with E-state index in [0.29, 0.717) is 0 Å².